The largest absolute Gasteiger partial charge is 0.377 e. The quantitative estimate of drug-likeness (QED) is 0.520. The zero-order valence-corrected chi connectivity index (χ0v) is 12.4. The second-order valence-corrected chi connectivity index (χ2v) is 5.19. The summed E-state index contributed by atoms with van der Waals surface area (Å²) in [6.45, 7) is 10.6. The molecule has 0 aliphatic heterocycles. The predicted octanol–water partition coefficient (Wildman–Crippen LogP) is 4.14. The minimum Gasteiger partial charge on any atom is -0.377 e. The summed E-state index contributed by atoms with van der Waals surface area (Å²) in [7, 11) is 0. The van der Waals surface area contributed by atoms with E-state index in [1.807, 2.05) is 0 Å². The SMILES string of the molecule is CCCCCCCCC(COC(C)C)NCC. The second kappa shape index (κ2) is 12.4. The topological polar surface area (TPSA) is 21.3 Å². The molecule has 1 unspecified atom stereocenters. The van der Waals surface area contributed by atoms with Crippen molar-refractivity contribution in [1.82, 2.24) is 5.32 Å². The van der Waals surface area contributed by atoms with Crippen LogP contribution in [0.1, 0.15) is 72.6 Å². The predicted molar refractivity (Wildman–Crippen MR) is 76.5 cm³/mol. The summed E-state index contributed by atoms with van der Waals surface area (Å²) in [6, 6.07) is 0.550. The molecule has 0 rings (SSSR count). The number of likely N-dealkylation sites (N-methyl/N-ethyl adjacent to an activating group) is 1. The van der Waals surface area contributed by atoms with Crippen LogP contribution in [0.5, 0.6) is 0 Å². The highest BCUT2D eigenvalue weighted by Crippen LogP contribution is 2.09. The van der Waals surface area contributed by atoms with Crippen molar-refractivity contribution in [2.45, 2.75) is 84.8 Å². The van der Waals surface area contributed by atoms with Gasteiger partial charge in [-0.05, 0) is 26.8 Å². The molecule has 1 N–H and O–H groups in total. The van der Waals surface area contributed by atoms with Gasteiger partial charge in [0.05, 0.1) is 12.7 Å². The molecular formula is C15H33NO. The lowest BCUT2D eigenvalue weighted by Crippen LogP contribution is -2.34. The Morgan fingerprint density at radius 3 is 2.18 bits per heavy atom. The Balaban J connectivity index is 3.48. The molecule has 0 saturated carbocycles. The van der Waals surface area contributed by atoms with Gasteiger partial charge in [0, 0.05) is 6.04 Å². The first-order valence-electron chi connectivity index (χ1n) is 7.55. The third-order valence-corrected chi connectivity index (χ3v) is 3.03. The molecule has 0 spiro atoms. The van der Waals surface area contributed by atoms with Crippen LogP contribution >= 0.6 is 0 Å². The van der Waals surface area contributed by atoms with Gasteiger partial charge in [-0.1, -0.05) is 52.4 Å². The van der Waals surface area contributed by atoms with Crippen molar-refractivity contribution in [3.8, 4) is 0 Å². The molecule has 0 saturated heterocycles. The van der Waals surface area contributed by atoms with E-state index in [1.165, 1.54) is 44.9 Å². The Morgan fingerprint density at radius 1 is 0.941 bits per heavy atom. The summed E-state index contributed by atoms with van der Waals surface area (Å²) < 4.78 is 5.69. The van der Waals surface area contributed by atoms with Gasteiger partial charge in [-0.25, -0.2) is 0 Å². The summed E-state index contributed by atoms with van der Waals surface area (Å²) in [5.41, 5.74) is 0. The van der Waals surface area contributed by atoms with Crippen molar-refractivity contribution in [3.63, 3.8) is 0 Å². The zero-order chi connectivity index (χ0) is 12.9. The molecule has 0 amide bonds. The molecule has 0 bridgehead atoms. The third kappa shape index (κ3) is 12.2. The third-order valence-electron chi connectivity index (χ3n) is 3.03. The summed E-state index contributed by atoms with van der Waals surface area (Å²) >= 11 is 0. The summed E-state index contributed by atoms with van der Waals surface area (Å²) in [4.78, 5) is 0. The van der Waals surface area contributed by atoms with Crippen LogP contribution in [-0.4, -0.2) is 25.3 Å². The van der Waals surface area contributed by atoms with Crippen LogP contribution in [0, 0.1) is 0 Å². The average molecular weight is 243 g/mol. The molecule has 2 heteroatoms. The number of hydrogen-bond acceptors (Lipinski definition) is 2. The van der Waals surface area contributed by atoms with Crippen LogP contribution in [0.3, 0.4) is 0 Å². The van der Waals surface area contributed by atoms with Gasteiger partial charge in [0.15, 0.2) is 0 Å². The van der Waals surface area contributed by atoms with Crippen LogP contribution in [0.2, 0.25) is 0 Å². The summed E-state index contributed by atoms with van der Waals surface area (Å²) in [6.07, 6.45) is 9.86. The lowest BCUT2D eigenvalue weighted by atomic mass is 10.1. The van der Waals surface area contributed by atoms with Gasteiger partial charge in [0.25, 0.3) is 0 Å². The molecule has 0 heterocycles. The van der Waals surface area contributed by atoms with E-state index in [4.69, 9.17) is 4.74 Å². The number of unbranched alkanes of at least 4 members (excludes halogenated alkanes) is 5. The van der Waals surface area contributed by atoms with Crippen LogP contribution in [0.25, 0.3) is 0 Å². The molecule has 104 valence electrons. The van der Waals surface area contributed by atoms with Crippen molar-refractivity contribution in [2.75, 3.05) is 13.2 Å². The Labute approximate surface area is 109 Å². The maximum Gasteiger partial charge on any atom is 0.0623 e. The smallest absolute Gasteiger partial charge is 0.0623 e. The van der Waals surface area contributed by atoms with E-state index >= 15 is 0 Å². The van der Waals surface area contributed by atoms with E-state index in [1.54, 1.807) is 0 Å². The van der Waals surface area contributed by atoms with Crippen molar-refractivity contribution in [1.29, 1.82) is 0 Å². The fourth-order valence-electron chi connectivity index (χ4n) is 2.01. The maximum atomic E-state index is 5.69. The molecule has 0 aromatic heterocycles. The molecule has 0 aromatic carbocycles. The Hall–Kier alpha value is -0.0800. The Kier molecular flexibility index (Phi) is 12.3. The van der Waals surface area contributed by atoms with E-state index in [2.05, 4.69) is 33.0 Å². The minimum atomic E-state index is 0.348. The van der Waals surface area contributed by atoms with Gasteiger partial charge in [-0.2, -0.15) is 0 Å². The first kappa shape index (κ1) is 16.9. The highest BCUT2D eigenvalue weighted by molar-refractivity contribution is 4.65. The fraction of sp³-hybridized carbons (Fsp3) is 1.00. The lowest BCUT2D eigenvalue weighted by molar-refractivity contribution is 0.0593. The van der Waals surface area contributed by atoms with Gasteiger partial charge >= 0.3 is 0 Å². The monoisotopic (exact) mass is 243 g/mol. The first-order valence-corrected chi connectivity index (χ1v) is 7.55. The van der Waals surface area contributed by atoms with Crippen LogP contribution in [0.15, 0.2) is 0 Å². The average Bonchev–Trinajstić information content (AvgIpc) is 2.30. The minimum absolute atomic E-state index is 0.348. The number of ether oxygens (including phenoxy) is 1. The molecule has 0 aliphatic carbocycles. The Bertz CT molecular complexity index is 148. The van der Waals surface area contributed by atoms with Crippen molar-refractivity contribution in [3.05, 3.63) is 0 Å². The van der Waals surface area contributed by atoms with Gasteiger partial charge in [-0.3, -0.25) is 0 Å². The van der Waals surface area contributed by atoms with E-state index in [-0.39, 0.29) is 0 Å². The van der Waals surface area contributed by atoms with E-state index in [9.17, 15) is 0 Å². The normalized spacial score (nSPS) is 13.2. The molecule has 17 heavy (non-hydrogen) atoms. The fourth-order valence-corrected chi connectivity index (χ4v) is 2.01. The zero-order valence-electron chi connectivity index (χ0n) is 12.4. The first-order chi connectivity index (χ1) is 8.20. The molecule has 0 aliphatic rings. The second-order valence-electron chi connectivity index (χ2n) is 5.19. The van der Waals surface area contributed by atoms with Crippen molar-refractivity contribution >= 4 is 0 Å². The van der Waals surface area contributed by atoms with Crippen LogP contribution < -0.4 is 5.32 Å². The van der Waals surface area contributed by atoms with E-state index in [0.717, 1.165) is 13.2 Å². The van der Waals surface area contributed by atoms with E-state index in [0.29, 0.717) is 12.1 Å². The summed E-state index contributed by atoms with van der Waals surface area (Å²) in [5, 5.41) is 3.52. The molecular weight excluding hydrogens is 210 g/mol. The maximum absolute atomic E-state index is 5.69. The highest BCUT2D eigenvalue weighted by atomic mass is 16.5. The van der Waals surface area contributed by atoms with Gasteiger partial charge in [0.2, 0.25) is 0 Å². The van der Waals surface area contributed by atoms with Crippen molar-refractivity contribution < 1.29 is 4.74 Å². The Morgan fingerprint density at radius 2 is 1.59 bits per heavy atom. The van der Waals surface area contributed by atoms with Gasteiger partial charge in [0.1, 0.15) is 0 Å². The van der Waals surface area contributed by atoms with Crippen LogP contribution in [0.4, 0.5) is 0 Å². The number of hydrogen-bond donors (Lipinski definition) is 1. The molecule has 0 radical (unpaired) electrons. The van der Waals surface area contributed by atoms with Gasteiger partial charge in [-0.15, -0.1) is 0 Å². The highest BCUT2D eigenvalue weighted by Gasteiger charge is 2.07. The molecule has 2 nitrogen and oxygen atoms in total. The van der Waals surface area contributed by atoms with Gasteiger partial charge < -0.3 is 10.1 Å². The van der Waals surface area contributed by atoms with Crippen molar-refractivity contribution in [2.24, 2.45) is 0 Å². The molecule has 1 atom stereocenters. The lowest BCUT2D eigenvalue weighted by Gasteiger charge is -2.19. The van der Waals surface area contributed by atoms with Crippen LogP contribution in [-0.2, 0) is 4.74 Å². The summed E-state index contributed by atoms with van der Waals surface area (Å²) in [5.74, 6) is 0. The number of rotatable bonds is 12. The van der Waals surface area contributed by atoms with E-state index < -0.39 is 0 Å². The standard InChI is InChI=1S/C15H33NO/c1-5-7-8-9-10-11-12-15(16-6-2)13-17-14(3)4/h14-16H,5-13H2,1-4H3. The molecule has 0 aromatic rings. The molecule has 0 fully saturated rings. The number of nitrogens with one attached hydrogen (secondary N) is 1.